The van der Waals surface area contributed by atoms with Crippen molar-refractivity contribution in [2.45, 2.75) is 19.4 Å². The minimum absolute atomic E-state index is 0.497. The third-order valence-corrected chi connectivity index (χ3v) is 2.97. The Labute approximate surface area is 106 Å². The van der Waals surface area contributed by atoms with E-state index in [1.807, 2.05) is 31.2 Å². The van der Waals surface area contributed by atoms with Gasteiger partial charge in [0, 0.05) is 12.1 Å². The van der Waals surface area contributed by atoms with E-state index in [4.69, 9.17) is 9.84 Å². The van der Waals surface area contributed by atoms with E-state index < -0.39 is 12.0 Å². The Morgan fingerprint density at radius 1 is 1.50 bits per heavy atom. The summed E-state index contributed by atoms with van der Waals surface area (Å²) < 4.78 is 5.61. The zero-order valence-corrected chi connectivity index (χ0v) is 10.3. The largest absolute Gasteiger partial charge is 0.489 e. The van der Waals surface area contributed by atoms with E-state index in [9.17, 15) is 4.79 Å². The van der Waals surface area contributed by atoms with Gasteiger partial charge in [0.1, 0.15) is 18.4 Å². The SMILES string of the molecule is CC[C@@H](NCC1=Cc2ccccc2OC1)C(=O)O. The molecule has 1 heterocycles. The van der Waals surface area contributed by atoms with Gasteiger partial charge in [-0.15, -0.1) is 0 Å². The molecule has 0 amide bonds. The Kier molecular flexibility index (Phi) is 3.99. The molecule has 0 radical (unpaired) electrons. The molecule has 1 aliphatic heterocycles. The van der Waals surface area contributed by atoms with Crippen molar-refractivity contribution in [3.8, 4) is 5.75 Å². The quantitative estimate of drug-likeness (QED) is 0.834. The van der Waals surface area contributed by atoms with Crippen LogP contribution < -0.4 is 10.1 Å². The first kappa shape index (κ1) is 12.6. The average molecular weight is 247 g/mol. The van der Waals surface area contributed by atoms with Crippen LogP contribution in [0.2, 0.25) is 0 Å². The van der Waals surface area contributed by atoms with E-state index in [-0.39, 0.29) is 0 Å². The van der Waals surface area contributed by atoms with Gasteiger partial charge in [-0.2, -0.15) is 0 Å². The van der Waals surface area contributed by atoms with Crippen LogP contribution in [0.3, 0.4) is 0 Å². The number of hydrogen-bond donors (Lipinski definition) is 2. The number of rotatable bonds is 5. The number of carbonyl (C=O) groups is 1. The van der Waals surface area contributed by atoms with Gasteiger partial charge in [0.05, 0.1) is 0 Å². The van der Waals surface area contributed by atoms with Crippen LogP contribution in [0.25, 0.3) is 6.08 Å². The van der Waals surface area contributed by atoms with Crippen molar-refractivity contribution in [1.29, 1.82) is 0 Å². The number of aliphatic carboxylic acids is 1. The lowest BCUT2D eigenvalue weighted by molar-refractivity contribution is -0.139. The molecule has 0 bridgehead atoms. The number of para-hydroxylation sites is 1. The fraction of sp³-hybridized carbons (Fsp3) is 0.357. The van der Waals surface area contributed by atoms with Crippen LogP contribution in [0.5, 0.6) is 5.75 Å². The van der Waals surface area contributed by atoms with Crippen molar-refractivity contribution in [1.82, 2.24) is 5.32 Å². The van der Waals surface area contributed by atoms with Crippen LogP contribution >= 0.6 is 0 Å². The Balaban J connectivity index is 2.00. The van der Waals surface area contributed by atoms with Crippen LogP contribution in [0, 0.1) is 0 Å². The lowest BCUT2D eigenvalue weighted by Gasteiger charge is -2.19. The maximum Gasteiger partial charge on any atom is 0.320 e. The van der Waals surface area contributed by atoms with Gasteiger partial charge in [-0.05, 0) is 24.1 Å². The highest BCUT2D eigenvalue weighted by Crippen LogP contribution is 2.25. The van der Waals surface area contributed by atoms with Crippen LogP contribution in [-0.4, -0.2) is 30.3 Å². The van der Waals surface area contributed by atoms with Gasteiger partial charge in [-0.1, -0.05) is 25.1 Å². The van der Waals surface area contributed by atoms with Crippen LogP contribution in [-0.2, 0) is 4.79 Å². The summed E-state index contributed by atoms with van der Waals surface area (Å²) in [6, 6.07) is 7.32. The van der Waals surface area contributed by atoms with Crippen LogP contribution in [0.15, 0.2) is 29.8 Å². The van der Waals surface area contributed by atoms with E-state index in [0.717, 1.165) is 16.9 Å². The summed E-state index contributed by atoms with van der Waals surface area (Å²) in [4.78, 5) is 10.9. The predicted molar refractivity (Wildman–Crippen MR) is 69.6 cm³/mol. The van der Waals surface area contributed by atoms with Gasteiger partial charge in [0.2, 0.25) is 0 Å². The van der Waals surface area contributed by atoms with Gasteiger partial charge in [0.25, 0.3) is 0 Å². The molecule has 0 spiro atoms. The maximum absolute atomic E-state index is 10.9. The Morgan fingerprint density at radius 2 is 2.28 bits per heavy atom. The number of carboxylic acids is 1. The number of carboxylic acid groups (broad SMARTS) is 1. The number of fused-ring (bicyclic) bond motifs is 1. The standard InChI is InChI=1S/C14H17NO3/c1-2-12(14(16)17)15-8-10-7-11-5-3-4-6-13(11)18-9-10/h3-7,12,15H,2,8-9H2,1H3,(H,16,17)/t12-/m1/s1. The molecule has 0 aromatic heterocycles. The third kappa shape index (κ3) is 2.90. The predicted octanol–water partition coefficient (Wildman–Crippen LogP) is 1.92. The minimum atomic E-state index is -0.810. The van der Waals surface area contributed by atoms with E-state index in [2.05, 4.69) is 11.4 Å². The van der Waals surface area contributed by atoms with Crippen molar-refractivity contribution in [2.75, 3.05) is 13.2 Å². The smallest absolute Gasteiger partial charge is 0.320 e. The first-order chi connectivity index (χ1) is 8.70. The summed E-state index contributed by atoms with van der Waals surface area (Å²) in [6.07, 6.45) is 2.63. The first-order valence-electron chi connectivity index (χ1n) is 6.08. The molecule has 0 saturated heterocycles. The second-order valence-corrected chi connectivity index (χ2v) is 4.31. The highest BCUT2D eigenvalue weighted by atomic mass is 16.5. The molecule has 1 aliphatic rings. The second-order valence-electron chi connectivity index (χ2n) is 4.31. The number of nitrogens with one attached hydrogen (secondary N) is 1. The van der Waals surface area contributed by atoms with Crippen molar-refractivity contribution in [2.24, 2.45) is 0 Å². The summed E-state index contributed by atoms with van der Waals surface area (Å²) in [7, 11) is 0. The molecule has 1 atom stereocenters. The molecule has 0 aliphatic carbocycles. The third-order valence-electron chi connectivity index (χ3n) is 2.97. The summed E-state index contributed by atoms with van der Waals surface area (Å²) >= 11 is 0. The maximum atomic E-state index is 10.9. The van der Waals surface area contributed by atoms with E-state index in [1.165, 1.54) is 0 Å². The number of hydrogen-bond acceptors (Lipinski definition) is 3. The Bertz CT molecular complexity index is 468. The van der Waals surface area contributed by atoms with Crippen molar-refractivity contribution in [3.63, 3.8) is 0 Å². The zero-order valence-electron chi connectivity index (χ0n) is 10.3. The molecule has 96 valence electrons. The molecule has 2 N–H and O–H groups in total. The van der Waals surface area contributed by atoms with Gasteiger partial charge in [0.15, 0.2) is 0 Å². The molecule has 2 rings (SSSR count). The van der Waals surface area contributed by atoms with Gasteiger partial charge in [-0.25, -0.2) is 0 Å². The van der Waals surface area contributed by atoms with E-state index in [0.29, 0.717) is 19.6 Å². The van der Waals surface area contributed by atoms with Gasteiger partial charge >= 0.3 is 5.97 Å². The molecular formula is C14H17NO3. The lowest BCUT2D eigenvalue weighted by Crippen LogP contribution is -2.37. The second kappa shape index (κ2) is 5.69. The Morgan fingerprint density at radius 3 is 3.00 bits per heavy atom. The fourth-order valence-electron chi connectivity index (χ4n) is 1.93. The highest BCUT2D eigenvalue weighted by Gasteiger charge is 2.16. The van der Waals surface area contributed by atoms with Gasteiger partial charge < -0.3 is 15.2 Å². The first-order valence-corrected chi connectivity index (χ1v) is 6.08. The fourth-order valence-corrected chi connectivity index (χ4v) is 1.93. The Hall–Kier alpha value is -1.81. The molecule has 1 aromatic carbocycles. The van der Waals surface area contributed by atoms with Crippen molar-refractivity contribution in [3.05, 3.63) is 35.4 Å². The number of benzene rings is 1. The molecule has 0 fully saturated rings. The number of ether oxygens (including phenoxy) is 1. The van der Waals surface area contributed by atoms with Gasteiger partial charge in [-0.3, -0.25) is 4.79 Å². The van der Waals surface area contributed by atoms with Crippen LogP contribution in [0.1, 0.15) is 18.9 Å². The van der Waals surface area contributed by atoms with Crippen LogP contribution in [0.4, 0.5) is 0 Å². The van der Waals surface area contributed by atoms with Crippen molar-refractivity contribution >= 4 is 12.0 Å². The summed E-state index contributed by atoms with van der Waals surface area (Å²) in [6.45, 7) is 2.91. The molecule has 4 heteroatoms. The normalized spacial score (nSPS) is 15.3. The molecule has 18 heavy (non-hydrogen) atoms. The average Bonchev–Trinajstić information content (AvgIpc) is 2.39. The minimum Gasteiger partial charge on any atom is -0.489 e. The molecular weight excluding hydrogens is 230 g/mol. The van der Waals surface area contributed by atoms with Crippen molar-refractivity contribution < 1.29 is 14.6 Å². The molecule has 0 unspecified atom stereocenters. The summed E-state index contributed by atoms with van der Waals surface area (Å²) in [5.74, 6) is 0.0711. The topological polar surface area (TPSA) is 58.6 Å². The highest BCUT2D eigenvalue weighted by molar-refractivity contribution is 5.73. The monoisotopic (exact) mass is 247 g/mol. The summed E-state index contributed by atoms with van der Waals surface area (Å²) in [5, 5.41) is 12.0. The lowest BCUT2D eigenvalue weighted by atomic mass is 10.1. The zero-order chi connectivity index (χ0) is 13.0. The van der Waals surface area contributed by atoms with E-state index >= 15 is 0 Å². The molecule has 0 saturated carbocycles. The summed E-state index contributed by atoms with van der Waals surface area (Å²) in [5.41, 5.74) is 2.11. The molecule has 4 nitrogen and oxygen atoms in total. The molecule has 1 aromatic rings. The van der Waals surface area contributed by atoms with E-state index in [1.54, 1.807) is 0 Å².